The predicted octanol–water partition coefficient (Wildman–Crippen LogP) is 5.54. The van der Waals surface area contributed by atoms with Crippen LogP contribution in [0.5, 0.6) is 0 Å². The Morgan fingerprint density at radius 1 is 0.706 bits per heavy atom. The van der Waals surface area contributed by atoms with Gasteiger partial charge in [0.15, 0.2) is 0 Å². The quantitative estimate of drug-likeness (QED) is 0.207. The molecule has 0 amide bonds. The van der Waals surface area contributed by atoms with Gasteiger partial charge in [0, 0.05) is 0 Å². The van der Waals surface area contributed by atoms with Gasteiger partial charge < -0.3 is 5.21 Å². The van der Waals surface area contributed by atoms with Gasteiger partial charge in [0.05, 0.1) is 5.71 Å². The van der Waals surface area contributed by atoms with Crippen LogP contribution < -0.4 is 0 Å². The number of oxime groups is 1. The Bertz CT molecular complexity index is 178. The summed E-state index contributed by atoms with van der Waals surface area (Å²) >= 11 is 0. The second kappa shape index (κ2) is 13.5. The lowest BCUT2D eigenvalue weighted by atomic mass is 10.0. The fourth-order valence-corrected chi connectivity index (χ4v) is 2.09. The Morgan fingerprint density at radius 2 is 1.12 bits per heavy atom. The number of rotatable bonds is 12. The lowest BCUT2D eigenvalue weighted by molar-refractivity contribution is 0.315. The third-order valence-corrected chi connectivity index (χ3v) is 3.28. The van der Waals surface area contributed by atoms with E-state index in [2.05, 4.69) is 19.0 Å². The Morgan fingerprint density at radius 3 is 1.59 bits per heavy atom. The average Bonchev–Trinajstić information content (AvgIpc) is 2.36. The molecule has 0 bridgehead atoms. The molecule has 0 aromatic heterocycles. The van der Waals surface area contributed by atoms with Crippen LogP contribution in [0.2, 0.25) is 0 Å². The highest BCUT2D eigenvalue weighted by atomic mass is 16.4. The first-order valence-corrected chi connectivity index (χ1v) is 7.54. The molecule has 0 aliphatic rings. The molecule has 0 aromatic carbocycles. The summed E-state index contributed by atoms with van der Waals surface area (Å²) < 4.78 is 0. The van der Waals surface area contributed by atoms with Gasteiger partial charge >= 0.3 is 0 Å². The zero-order valence-corrected chi connectivity index (χ0v) is 11.9. The average molecular weight is 241 g/mol. The molecule has 0 aromatic rings. The minimum absolute atomic E-state index is 0.992. The van der Waals surface area contributed by atoms with E-state index in [4.69, 9.17) is 5.21 Å². The van der Waals surface area contributed by atoms with Crippen molar-refractivity contribution in [1.29, 1.82) is 0 Å². The molecular weight excluding hydrogens is 210 g/mol. The Kier molecular flexibility index (Phi) is 13.1. The third kappa shape index (κ3) is 11.7. The van der Waals surface area contributed by atoms with Crippen LogP contribution in [0.3, 0.4) is 0 Å². The van der Waals surface area contributed by atoms with Crippen LogP contribution in [0.1, 0.15) is 90.9 Å². The Labute approximate surface area is 107 Å². The van der Waals surface area contributed by atoms with Gasteiger partial charge in [-0.2, -0.15) is 0 Å². The van der Waals surface area contributed by atoms with Gasteiger partial charge in [0.25, 0.3) is 0 Å². The molecule has 0 fully saturated rings. The molecule has 0 heterocycles. The van der Waals surface area contributed by atoms with E-state index in [0.29, 0.717) is 0 Å². The van der Waals surface area contributed by atoms with Crippen molar-refractivity contribution >= 4 is 5.71 Å². The van der Waals surface area contributed by atoms with E-state index in [1.807, 2.05) is 0 Å². The number of hydrogen-bond donors (Lipinski definition) is 1. The number of hydrogen-bond acceptors (Lipinski definition) is 2. The standard InChI is InChI=1S/C15H31NO/c1-3-5-7-9-10-12-14-15(16-17)13-11-8-6-4-2/h17H,3-14H2,1-2H3/b16-15+. The van der Waals surface area contributed by atoms with Crippen molar-refractivity contribution in [3.8, 4) is 0 Å². The zero-order chi connectivity index (χ0) is 12.8. The van der Waals surface area contributed by atoms with E-state index in [0.717, 1.165) is 18.6 Å². The first-order valence-electron chi connectivity index (χ1n) is 7.54. The Balaban J connectivity index is 3.36. The first-order chi connectivity index (χ1) is 8.35. The molecule has 0 spiro atoms. The lowest BCUT2D eigenvalue weighted by Crippen LogP contribution is -1.98. The molecule has 0 aliphatic carbocycles. The largest absolute Gasteiger partial charge is 0.411 e. The van der Waals surface area contributed by atoms with Gasteiger partial charge in [-0.3, -0.25) is 0 Å². The van der Waals surface area contributed by atoms with Crippen LogP contribution in [0.25, 0.3) is 0 Å². The van der Waals surface area contributed by atoms with Crippen molar-refractivity contribution in [3.05, 3.63) is 0 Å². The monoisotopic (exact) mass is 241 g/mol. The molecule has 0 unspecified atom stereocenters. The summed E-state index contributed by atoms with van der Waals surface area (Å²) in [5.74, 6) is 0. The molecule has 0 aliphatic heterocycles. The van der Waals surface area contributed by atoms with Crippen molar-refractivity contribution in [2.24, 2.45) is 5.16 Å². The molecule has 2 heteroatoms. The van der Waals surface area contributed by atoms with Crippen molar-refractivity contribution in [3.63, 3.8) is 0 Å². The normalized spacial score (nSPS) is 12.0. The minimum Gasteiger partial charge on any atom is -0.411 e. The van der Waals surface area contributed by atoms with Gasteiger partial charge in [-0.1, -0.05) is 70.4 Å². The second-order valence-corrected chi connectivity index (χ2v) is 4.99. The van der Waals surface area contributed by atoms with Gasteiger partial charge in [-0.25, -0.2) is 0 Å². The summed E-state index contributed by atoms with van der Waals surface area (Å²) in [7, 11) is 0. The van der Waals surface area contributed by atoms with Crippen molar-refractivity contribution in [2.75, 3.05) is 0 Å². The first kappa shape index (κ1) is 16.5. The molecule has 2 nitrogen and oxygen atoms in total. The molecule has 0 saturated carbocycles. The van der Waals surface area contributed by atoms with Crippen molar-refractivity contribution < 1.29 is 5.21 Å². The van der Waals surface area contributed by atoms with Gasteiger partial charge in [-0.05, 0) is 25.7 Å². The minimum atomic E-state index is 0.992. The maximum Gasteiger partial charge on any atom is 0.0570 e. The number of unbranched alkanes of at least 4 members (excludes halogenated alkanes) is 8. The molecule has 102 valence electrons. The van der Waals surface area contributed by atoms with E-state index < -0.39 is 0 Å². The highest BCUT2D eigenvalue weighted by molar-refractivity contribution is 5.83. The second-order valence-electron chi connectivity index (χ2n) is 4.99. The van der Waals surface area contributed by atoms with Crippen LogP contribution in [0.15, 0.2) is 5.16 Å². The lowest BCUT2D eigenvalue weighted by Gasteiger charge is -2.04. The molecule has 17 heavy (non-hydrogen) atoms. The smallest absolute Gasteiger partial charge is 0.0570 e. The molecular formula is C15H31NO. The van der Waals surface area contributed by atoms with E-state index in [1.165, 1.54) is 64.2 Å². The maximum atomic E-state index is 8.91. The SMILES string of the molecule is CCCCCCCC/C(CCCCCC)=N/O. The summed E-state index contributed by atoms with van der Waals surface area (Å²) in [6.45, 7) is 4.46. The highest BCUT2D eigenvalue weighted by Gasteiger charge is 2.00. The third-order valence-electron chi connectivity index (χ3n) is 3.28. The van der Waals surface area contributed by atoms with Gasteiger partial charge in [-0.15, -0.1) is 0 Å². The van der Waals surface area contributed by atoms with Gasteiger partial charge in [0.1, 0.15) is 0 Å². The molecule has 0 radical (unpaired) electrons. The molecule has 0 saturated heterocycles. The van der Waals surface area contributed by atoms with Crippen LogP contribution in [-0.4, -0.2) is 10.9 Å². The highest BCUT2D eigenvalue weighted by Crippen LogP contribution is 2.11. The van der Waals surface area contributed by atoms with Crippen molar-refractivity contribution in [2.45, 2.75) is 90.9 Å². The van der Waals surface area contributed by atoms with E-state index in [9.17, 15) is 0 Å². The fraction of sp³-hybridized carbons (Fsp3) is 0.933. The number of nitrogens with zero attached hydrogens (tertiary/aromatic N) is 1. The topological polar surface area (TPSA) is 32.6 Å². The molecule has 0 rings (SSSR count). The summed E-state index contributed by atoms with van der Waals surface area (Å²) in [6.07, 6.45) is 14.8. The van der Waals surface area contributed by atoms with Crippen LogP contribution in [0.4, 0.5) is 0 Å². The van der Waals surface area contributed by atoms with Crippen molar-refractivity contribution in [1.82, 2.24) is 0 Å². The fourth-order valence-electron chi connectivity index (χ4n) is 2.09. The summed E-state index contributed by atoms with van der Waals surface area (Å²) in [6, 6.07) is 0. The summed E-state index contributed by atoms with van der Waals surface area (Å²) in [5, 5.41) is 12.3. The predicted molar refractivity (Wildman–Crippen MR) is 76.0 cm³/mol. The molecule has 1 N–H and O–H groups in total. The summed E-state index contributed by atoms with van der Waals surface area (Å²) in [4.78, 5) is 0. The van der Waals surface area contributed by atoms with E-state index >= 15 is 0 Å². The van der Waals surface area contributed by atoms with Crippen LogP contribution in [0, 0.1) is 0 Å². The summed E-state index contributed by atoms with van der Waals surface area (Å²) in [5.41, 5.74) is 1.01. The maximum absolute atomic E-state index is 8.91. The Hall–Kier alpha value is -0.530. The van der Waals surface area contributed by atoms with Crippen LogP contribution in [-0.2, 0) is 0 Å². The van der Waals surface area contributed by atoms with E-state index in [-0.39, 0.29) is 0 Å². The van der Waals surface area contributed by atoms with E-state index in [1.54, 1.807) is 0 Å². The van der Waals surface area contributed by atoms with Crippen LogP contribution >= 0.6 is 0 Å². The zero-order valence-electron chi connectivity index (χ0n) is 11.9. The molecule has 0 atom stereocenters. The van der Waals surface area contributed by atoms with Gasteiger partial charge in [0.2, 0.25) is 0 Å².